The SMILES string of the molecule is CC(C)c1nn(C)c(Cl)c1CNCc1cccnc1N(C)C.Cl. The van der Waals surface area contributed by atoms with E-state index in [1.165, 1.54) is 5.56 Å². The van der Waals surface area contributed by atoms with E-state index in [1.54, 1.807) is 4.68 Å². The van der Waals surface area contributed by atoms with Crippen molar-refractivity contribution in [3.8, 4) is 0 Å². The van der Waals surface area contributed by atoms with E-state index in [9.17, 15) is 0 Å². The molecule has 2 aromatic heterocycles. The first kappa shape index (κ1) is 19.7. The van der Waals surface area contributed by atoms with Crippen molar-refractivity contribution >= 4 is 29.8 Å². The fourth-order valence-electron chi connectivity index (χ4n) is 2.49. The Morgan fingerprint density at radius 1 is 1.30 bits per heavy atom. The van der Waals surface area contributed by atoms with Gasteiger partial charge < -0.3 is 10.2 Å². The second-order valence-electron chi connectivity index (χ2n) is 5.92. The summed E-state index contributed by atoms with van der Waals surface area (Å²) in [4.78, 5) is 6.44. The van der Waals surface area contributed by atoms with Crippen molar-refractivity contribution in [2.24, 2.45) is 7.05 Å². The van der Waals surface area contributed by atoms with E-state index in [2.05, 4.69) is 35.3 Å². The Morgan fingerprint density at radius 2 is 2.00 bits per heavy atom. The van der Waals surface area contributed by atoms with Crippen LogP contribution < -0.4 is 10.2 Å². The van der Waals surface area contributed by atoms with Crippen LogP contribution in [0.5, 0.6) is 0 Å². The fraction of sp³-hybridized carbons (Fsp3) is 0.500. The van der Waals surface area contributed by atoms with Crippen LogP contribution in [-0.2, 0) is 20.1 Å². The van der Waals surface area contributed by atoms with Gasteiger partial charge in [0.05, 0.1) is 5.69 Å². The van der Waals surface area contributed by atoms with Gasteiger partial charge in [0.15, 0.2) is 0 Å². The summed E-state index contributed by atoms with van der Waals surface area (Å²) in [5, 5.41) is 8.67. The number of anilines is 1. The van der Waals surface area contributed by atoms with Crippen molar-refractivity contribution in [2.45, 2.75) is 32.9 Å². The Kier molecular flexibility index (Phi) is 7.32. The first-order valence-electron chi connectivity index (χ1n) is 7.45. The van der Waals surface area contributed by atoms with Gasteiger partial charge in [-0.05, 0) is 12.0 Å². The summed E-state index contributed by atoms with van der Waals surface area (Å²) in [5.41, 5.74) is 3.30. The lowest BCUT2D eigenvalue weighted by molar-refractivity contribution is 0.676. The van der Waals surface area contributed by atoms with Gasteiger partial charge in [0, 0.05) is 51.6 Å². The fourth-order valence-corrected chi connectivity index (χ4v) is 2.69. The number of nitrogens with one attached hydrogen (secondary N) is 1. The molecular formula is C16H25Cl2N5. The van der Waals surface area contributed by atoms with Crippen LogP contribution in [0.1, 0.15) is 36.6 Å². The van der Waals surface area contributed by atoms with Crippen LogP contribution in [0, 0.1) is 0 Å². The predicted octanol–water partition coefficient (Wildman–Crippen LogP) is 3.37. The highest BCUT2D eigenvalue weighted by atomic mass is 35.5. The highest BCUT2D eigenvalue weighted by Gasteiger charge is 2.16. The van der Waals surface area contributed by atoms with Crippen molar-refractivity contribution in [3.05, 3.63) is 40.3 Å². The summed E-state index contributed by atoms with van der Waals surface area (Å²) in [7, 11) is 5.88. The van der Waals surface area contributed by atoms with Crippen LogP contribution >= 0.6 is 24.0 Å². The van der Waals surface area contributed by atoms with Crippen molar-refractivity contribution in [1.29, 1.82) is 0 Å². The zero-order chi connectivity index (χ0) is 16.3. The average molecular weight is 358 g/mol. The number of hydrogen-bond acceptors (Lipinski definition) is 4. The second-order valence-corrected chi connectivity index (χ2v) is 6.28. The predicted molar refractivity (Wildman–Crippen MR) is 98.7 cm³/mol. The van der Waals surface area contributed by atoms with Gasteiger partial charge in [-0.25, -0.2) is 4.98 Å². The zero-order valence-corrected chi connectivity index (χ0v) is 15.9. The lowest BCUT2D eigenvalue weighted by atomic mass is 10.1. The molecule has 0 saturated carbocycles. The molecule has 0 spiro atoms. The van der Waals surface area contributed by atoms with E-state index in [4.69, 9.17) is 11.6 Å². The molecule has 1 N–H and O–H groups in total. The third kappa shape index (κ3) is 4.59. The highest BCUT2D eigenvalue weighted by Crippen LogP contribution is 2.25. The maximum atomic E-state index is 6.36. The molecule has 0 aromatic carbocycles. The van der Waals surface area contributed by atoms with E-state index in [0.717, 1.165) is 23.6 Å². The number of pyridine rings is 1. The number of aromatic nitrogens is 3. The molecule has 2 heterocycles. The molecule has 0 radical (unpaired) electrons. The first-order chi connectivity index (χ1) is 10.4. The van der Waals surface area contributed by atoms with Gasteiger partial charge in [-0.15, -0.1) is 12.4 Å². The van der Waals surface area contributed by atoms with Crippen LogP contribution in [-0.4, -0.2) is 28.9 Å². The molecule has 0 bridgehead atoms. The molecule has 2 aromatic rings. The molecule has 128 valence electrons. The summed E-state index contributed by atoms with van der Waals surface area (Å²) in [6, 6.07) is 4.05. The Morgan fingerprint density at radius 3 is 2.61 bits per heavy atom. The topological polar surface area (TPSA) is 46.0 Å². The van der Waals surface area contributed by atoms with E-state index in [0.29, 0.717) is 17.6 Å². The standard InChI is InChI=1S/C16H24ClN5.ClH/c1-11(2)14-13(15(17)22(5)20-14)10-18-9-12-7-6-8-19-16(12)21(3)4;/h6-8,11,18H,9-10H2,1-5H3;1H. The van der Waals surface area contributed by atoms with Crippen molar-refractivity contribution < 1.29 is 0 Å². The Bertz CT molecular complexity index is 637. The third-order valence-corrected chi connectivity index (χ3v) is 4.03. The molecule has 5 nitrogen and oxygen atoms in total. The molecule has 0 fully saturated rings. The Hall–Kier alpha value is -1.30. The molecule has 0 amide bonds. The molecule has 0 aliphatic rings. The number of hydrogen-bond donors (Lipinski definition) is 1. The maximum absolute atomic E-state index is 6.36. The number of nitrogens with zero attached hydrogens (tertiary/aromatic N) is 4. The average Bonchev–Trinajstić information content (AvgIpc) is 2.76. The molecule has 0 unspecified atom stereocenters. The van der Waals surface area contributed by atoms with Crippen molar-refractivity contribution in [3.63, 3.8) is 0 Å². The van der Waals surface area contributed by atoms with E-state index >= 15 is 0 Å². The molecule has 0 aliphatic carbocycles. The van der Waals surface area contributed by atoms with Gasteiger partial charge in [-0.2, -0.15) is 5.10 Å². The van der Waals surface area contributed by atoms with Crippen LogP contribution in [0.2, 0.25) is 5.15 Å². The maximum Gasteiger partial charge on any atom is 0.132 e. The van der Waals surface area contributed by atoms with Crippen molar-refractivity contribution in [1.82, 2.24) is 20.1 Å². The monoisotopic (exact) mass is 357 g/mol. The van der Waals surface area contributed by atoms with E-state index < -0.39 is 0 Å². The smallest absolute Gasteiger partial charge is 0.132 e. The Labute approximate surface area is 149 Å². The number of rotatable bonds is 6. The summed E-state index contributed by atoms with van der Waals surface area (Å²) in [5.74, 6) is 1.34. The lowest BCUT2D eigenvalue weighted by Crippen LogP contribution is -2.19. The Balaban J connectivity index is 0.00000264. The zero-order valence-electron chi connectivity index (χ0n) is 14.3. The van der Waals surface area contributed by atoms with Crippen LogP contribution in [0.15, 0.2) is 18.3 Å². The normalized spacial score (nSPS) is 10.7. The summed E-state index contributed by atoms with van der Waals surface area (Å²) < 4.78 is 1.74. The molecule has 2 rings (SSSR count). The minimum Gasteiger partial charge on any atom is -0.362 e. The van der Waals surface area contributed by atoms with Crippen LogP contribution in [0.4, 0.5) is 5.82 Å². The molecule has 0 atom stereocenters. The highest BCUT2D eigenvalue weighted by molar-refractivity contribution is 6.30. The van der Waals surface area contributed by atoms with Gasteiger partial charge >= 0.3 is 0 Å². The third-order valence-electron chi connectivity index (χ3n) is 3.56. The largest absolute Gasteiger partial charge is 0.362 e. The summed E-state index contributed by atoms with van der Waals surface area (Å²) in [6.07, 6.45) is 1.81. The summed E-state index contributed by atoms with van der Waals surface area (Å²) in [6.45, 7) is 5.70. The number of aryl methyl sites for hydroxylation is 1. The van der Waals surface area contributed by atoms with Gasteiger partial charge in [-0.3, -0.25) is 4.68 Å². The second kappa shape index (κ2) is 8.52. The molecular weight excluding hydrogens is 333 g/mol. The van der Waals surface area contributed by atoms with E-state index in [-0.39, 0.29) is 12.4 Å². The van der Waals surface area contributed by atoms with Gasteiger partial charge in [0.25, 0.3) is 0 Å². The molecule has 0 saturated heterocycles. The van der Waals surface area contributed by atoms with Crippen LogP contribution in [0.25, 0.3) is 0 Å². The first-order valence-corrected chi connectivity index (χ1v) is 7.82. The lowest BCUT2D eigenvalue weighted by Gasteiger charge is -2.16. The van der Waals surface area contributed by atoms with Crippen LogP contribution in [0.3, 0.4) is 0 Å². The van der Waals surface area contributed by atoms with Gasteiger partial charge in [-0.1, -0.05) is 31.5 Å². The van der Waals surface area contributed by atoms with Gasteiger partial charge in [0.1, 0.15) is 11.0 Å². The molecule has 23 heavy (non-hydrogen) atoms. The molecule has 0 aliphatic heterocycles. The quantitative estimate of drug-likeness (QED) is 0.860. The minimum absolute atomic E-state index is 0. The molecule has 7 heteroatoms. The minimum atomic E-state index is 0. The van der Waals surface area contributed by atoms with Gasteiger partial charge in [0.2, 0.25) is 0 Å². The summed E-state index contributed by atoms with van der Waals surface area (Å²) >= 11 is 6.36. The number of halogens is 2. The van der Waals surface area contributed by atoms with Crippen molar-refractivity contribution in [2.75, 3.05) is 19.0 Å². The van der Waals surface area contributed by atoms with E-state index in [1.807, 2.05) is 38.3 Å².